The van der Waals surface area contributed by atoms with Crippen molar-refractivity contribution in [2.24, 2.45) is 0 Å². The van der Waals surface area contributed by atoms with Gasteiger partial charge in [0, 0.05) is 10.9 Å². The maximum absolute atomic E-state index is 12.6. The summed E-state index contributed by atoms with van der Waals surface area (Å²) in [7, 11) is 0. The molecule has 2 aromatic heterocycles. The highest BCUT2D eigenvalue weighted by Crippen LogP contribution is 2.25. The summed E-state index contributed by atoms with van der Waals surface area (Å²) in [4.78, 5) is 33.5. The fourth-order valence-corrected chi connectivity index (χ4v) is 3.49. The molecule has 1 atom stereocenters. The van der Waals surface area contributed by atoms with E-state index in [1.165, 1.54) is 17.7 Å². The quantitative estimate of drug-likeness (QED) is 0.472. The van der Waals surface area contributed by atoms with E-state index in [2.05, 4.69) is 15.3 Å². The lowest BCUT2D eigenvalue weighted by molar-refractivity contribution is -0.124. The van der Waals surface area contributed by atoms with Crippen LogP contribution in [0.2, 0.25) is 0 Å². The standard InChI is InChI=1S/C21H17N3O4S/c1-2-17(28-20(26)14-8-9-18-15(10-14)22-12-27-18)19(25)24-21-23-16(11-29-21)13-6-4-3-5-7-13/h3-12,17H,2H2,1H3,(H,23,24,25). The Labute approximate surface area is 170 Å². The summed E-state index contributed by atoms with van der Waals surface area (Å²) >= 11 is 1.32. The first-order valence-electron chi connectivity index (χ1n) is 9.00. The Morgan fingerprint density at radius 3 is 2.83 bits per heavy atom. The van der Waals surface area contributed by atoms with Crippen LogP contribution in [-0.2, 0) is 9.53 Å². The van der Waals surface area contributed by atoms with Crippen molar-refractivity contribution in [3.8, 4) is 11.3 Å². The SMILES string of the molecule is CCC(OC(=O)c1ccc2ocnc2c1)C(=O)Nc1nc(-c2ccccc2)cs1. The number of thiazole rings is 1. The average molecular weight is 407 g/mol. The van der Waals surface area contributed by atoms with Gasteiger partial charge in [-0.25, -0.2) is 14.8 Å². The summed E-state index contributed by atoms with van der Waals surface area (Å²) in [6, 6.07) is 14.5. The van der Waals surface area contributed by atoms with E-state index in [1.54, 1.807) is 25.1 Å². The predicted molar refractivity (Wildman–Crippen MR) is 110 cm³/mol. The van der Waals surface area contributed by atoms with Crippen LogP contribution >= 0.6 is 11.3 Å². The molecule has 7 nitrogen and oxygen atoms in total. The molecule has 0 aliphatic carbocycles. The van der Waals surface area contributed by atoms with Crippen molar-refractivity contribution in [1.29, 1.82) is 0 Å². The lowest BCUT2D eigenvalue weighted by Crippen LogP contribution is -2.32. The van der Waals surface area contributed by atoms with Crippen LogP contribution in [0.5, 0.6) is 0 Å². The van der Waals surface area contributed by atoms with Crippen LogP contribution in [0.15, 0.2) is 64.7 Å². The molecule has 4 rings (SSSR count). The summed E-state index contributed by atoms with van der Waals surface area (Å²) in [6.45, 7) is 1.77. The third kappa shape index (κ3) is 4.17. The second-order valence-corrected chi connectivity index (χ2v) is 7.09. The molecule has 29 heavy (non-hydrogen) atoms. The van der Waals surface area contributed by atoms with Crippen LogP contribution in [0.3, 0.4) is 0 Å². The third-order valence-corrected chi connectivity index (χ3v) is 5.04. The molecular formula is C21H17N3O4S. The maximum atomic E-state index is 12.6. The van der Waals surface area contributed by atoms with Crippen LogP contribution in [0.1, 0.15) is 23.7 Å². The number of aromatic nitrogens is 2. The van der Waals surface area contributed by atoms with Crippen LogP contribution in [0, 0.1) is 0 Å². The minimum atomic E-state index is -0.931. The molecule has 1 amide bonds. The fraction of sp³-hybridized carbons (Fsp3) is 0.143. The van der Waals surface area contributed by atoms with E-state index in [0.29, 0.717) is 28.2 Å². The van der Waals surface area contributed by atoms with Crippen LogP contribution < -0.4 is 5.32 Å². The van der Waals surface area contributed by atoms with E-state index >= 15 is 0 Å². The predicted octanol–water partition coefficient (Wildman–Crippen LogP) is 4.53. The Balaban J connectivity index is 1.43. The number of anilines is 1. The highest BCUT2D eigenvalue weighted by Gasteiger charge is 2.23. The van der Waals surface area contributed by atoms with Gasteiger partial charge in [0.2, 0.25) is 0 Å². The lowest BCUT2D eigenvalue weighted by Gasteiger charge is -2.15. The number of amides is 1. The second kappa shape index (κ2) is 8.24. The molecule has 2 heterocycles. The van der Waals surface area contributed by atoms with Gasteiger partial charge in [0.05, 0.1) is 11.3 Å². The maximum Gasteiger partial charge on any atom is 0.338 e. The van der Waals surface area contributed by atoms with Crippen LogP contribution in [0.4, 0.5) is 5.13 Å². The smallest absolute Gasteiger partial charge is 0.338 e. The molecule has 0 radical (unpaired) electrons. The number of hydrogen-bond donors (Lipinski definition) is 1. The van der Waals surface area contributed by atoms with E-state index < -0.39 is 18.0 Å². The summed E-state index contributed by atoms with van der Waals surface area (Å²) in [6.07, 6.45) is 0.708. The summed E-state index contributed by atoms with van der Waals surface area (Å²) in [5.41, 5.74) is 3.17. The van der Waals surface area contributed by atoms with Crippen molar-refractivity contribution in [3.05, 3.63) is 65.9 Å². The fourth-order valence-electron chi connectivity index (χ4n) is 2.76. The van der Waals surface area contributed by atoms with Gasteiger partial charge in [-0.05, 0) is 24.6 Å². The van der Waals surface area contributed by atoms with Gasteiger partial charge >= 0.3 is 5.97 Å². The molecule has 0 aliphatic heterocycles. The lowest BCUT2D eigenvalue weighted by atomic mass is 10.2. The van der Waals surface area contributed by atoms with E-state index in [1.807, 2.05) is 35.7 Å². The number of ether oxygens (including phenoxy) is 1. The molecule has 0 fully saturated rings. The van der Waals surface area contributed by atoms with Crippen LogP contribution in [0.25, 0.3) is 22.4 Å². The monoisotopic (exact) mass is 407 g/mol. The first-order chi connectivity index (χ1) is 14.1. The zero-order chi connectivity index (χ0) is 20.2. The minimum absolute atomic E-state index is 0.304. The summed E-state index contributed by atoms with van der Waals surface area (Å²) in [5.74, 6) is -1.02. The molecular weight excluding hydrogens is 390 g/mol. The molecule has 1 unspecified atom stereocenters. The molecule has 0 saturated carbocycles. The molecule has 8 heteroatoms. The molecule has 146 valence electrons. The van der Waals surface area contributed by atoms with Crippen LogP contribution in [-0.4, -0.2) is 27.9 Å². The number of fused-ring (bicyclic) bond motifs is 1. The number of nitrogens with zero attached hydrogens (tertiary/aromatic N) is 2. The molecule has 2 aromatic carbocycles. The van der Waals surface area contributed by atoms with Gasteiger partial charge in [0.25, 0.3) is 5.91 Å². The van der Waals surface area contributed by atoms with Gasteiger partial charge in [-0.2, -0.15) is 0 Å². The number of carbonyl (C=O) groups is 2. The Kier molecular flexibility index (Phi) is 5.35. The Morgan fingerprint density at radius 1 is 1.21 bits per heavy atom. The van der Waals surface area contributed by atoms with Gasteiger partial charge in [-0.3, -0.25) is 10.1 Å². The van der Waals surface area contributed by atoms with Crippen molar-refractivity contribution in [2.75, 3.05) is 5.32 Å². The Bertz CT molecular complexity index is 1150. The summed E-state index contributed by atoms with van der Waals surface area (Å²) < 4.78 is 10.6. The topological polar surface area (TPSA) is 94.3 Å². The van der Waals surface area contributed by atoms with E-state index in [-0.39, 0.29) is 0 Å². The van der Waals surface area contributed by atoms with E-state index in [4.69, 9.17) is 9.15 Å². The first-order valence-corrected chi connectivity index (χ1v) is 9.88. The number of hydrogen-bond acceptors (Lipinski definition) is 7. The first kappa shape index (κ1) is 18.8. The normalized spacial score (nSPS) is 11.9. The van der Waals surface area contributed by atoms with Crippen molar-refractivity contribution in [3.63, 3.8) is 0 Å². The highest BCUT2D eigenvalue weighted by molar-refractivity contribution is 7.14. The number of benzene rings is 2. The zero-order valence-electron chi connectivity index (χ0n) is 15.5. The van der Waals surface area contributed by atoms with Crippen molar-refractivity contribution < 1.29 is 18.7 Å². The van der Waals surface area contributed by atoms with Gasteiger partial charge in [0.15, 0.2) is 23.2 Å². The van der Waals surface area contributed by atoms with E-state index in [9.17, 15) is 9.59 Å². The second-order valence-electron chi connectivity index (χ2n) is 6.23. The molecule has 0 aliphatic rings. The number of rotatable bonds is 6. The number of carbonyl (C=O) groups excluding carboxylic acids is 2. The Morgan fingerprint density at radius 2 is 2.03 bits per heavy atom. The molecule has 1 N–H and O–H groups in total. The van der Waals surface area contributed by atoms with Gasteiger partial charge in [-0.1, -0.05) is 37.3 Å². The van der Waals surface area contributed by atoms with Gasteiger partial charge < -0.3 is 9.15 Å². The van der Waals surface area contributed by atoms with Crippen molar-refractivity contribution in [1.82, 2.24) is 9.97 Å². The van der Waals surface area contributed by atoms with Crippen molar-refractivity contribution in [2.45, 2.75) is 19.4 Å². The minimum Gasteiger partial charge on any atom is -0.449 e. The van der Waals surface area contributed by atoms with E-state index in [0.717, 1.165) is 11.3 Å². The van der Waals surface area contributed by atoms with Gasteiger partial charge in [-0.15, -0.1) is 11.3 Å². The van der Waals surface area contributed by atoms with Gasteiger partial charge in [0.1, 0.15) is 5.52 Å². The molecule has 4 aromatic rings. The average Bonchev–Trinajstić information content (AvgIpc) is 3.41. The Hall–Kier alpha value is -3.52. The summed E-state index contributed by atoms with van der Waals surface area (Å²) in [5, 5.41) is 5.05. The van der Waals surface area contributed by atoms with Crippen molar-refractivity contribution >= 4 is 39.4 Å². The zero-order valence-corrected chi connectivity index (χ0v) is 16.3. The highest BCUT2D eigenvalue weighted by atomic mass is 32.1. The molecule has 0 spiro atoms. The largest absolute Gasteiger partial charge is 0.449 e. The molecule has 0 bridgehead atoms. The number of nitrogens with one attached hydrogen (secondary N) is 1. The number of esters is 1. The third-order valence-electron chi connectivity index (χ3n) is 4.28. The number of oxazole rings is 1. The molecule has 0 saturated heterocycles.